The molecule has 1 aliphatic carbocycles. The summed E-state index contributed by atoms with van der Waals surface area (Å²) in [6.45, 7) is 13.3. The van der Waals surface area contributed by atoms with Crippen LogP contribution in [0.1, 0.15) is 59.8 Å². The van der Waals surface area contributed by atoms with Gasteiger partial charge in [0.25, 0.3) is 0 Å². The fourth-order valence-corrected chi connectivity index (χ4v) is 12.7. The Morgan fingerprint density at radius 1 is 0.783 bits per heavy atom. The number of rotatable bonds is 6. The Balaban J connectivity index is 0.000000241. The van der Waals surface area contributed by atoms with E-state index in [1.54, 1.807) is 29.7 Å². The third kappa shape index (κ3) is 8.07. The minimum Gasteiger partial charge on any atom is -0.333 e. The Kier molecular flexibility index (Phi) is 10.5. The van der Waals surface area contributed by atoms with Crippen molar-refractivity contribution in [2.45, 2.75) is 66.0 Å². The largest absolute Gasteiger partial charge is 0.333 e. The number of aryl methyl sites for hydroxylation is 2. The van der Waals surface area contributed by atoms with Crippen LogP contribution in [0.5, 0.6) is 0 Å². The summed E-state index contributed by atoms with van der Waals surface area (Å²) in [5.41, 5.74) is 14.1. The Morgan fingerprint density at radius 2 is 1.57 bits per heavy atom. The van der Waals surface area contributed by atoms with E-state index in [4.69, 9.17) is 16.8 Å². The zero-order valence-electron chi connectivity index (χ0n) is 44.3. The molecule has 8 heteroatoms. The van der Waals surface area contributed by atoms with Crippen LogP contribution < -0.4 is 5.19 Å². The number of thiophene rings is 1. The molecule has 4 heterocycles. The number of fused-ring (bicyclic) bond motifs is 9. The van der Waals surface area contributed by atoms with Crippen molar-refractivity contribution in [3.63, 3.8) is 0 Å². The third-order valence-corrected chi connectivity index (χ3v) is 16.5. The van der Waals surface area contributed by atoms with Crippen molar-refractivity contribution in [2.75, 3.05) is 0 Å². The molecule has 0 aliphatic heterocycles. The minimum absolute atomic E-state index is 0. The zero-order chi connectivity index (χ0) is 51.4. The first-order valence-corrected chi connectivity index (χ1v) is 27.2. The number of hydrogen-bond acceptors (Lipinski definition) is 4. The number of benzene rings is 7. The summed E-state index contributed by atoms with van der Waals surface area (Å²) < 4.78 is 57.6. The molecule has 4 nitrogen and oxygen atoms in total. The molecule has 0 bridgehead atoms. The van der Waals surface area contributed by atoms with Gasteiger partial charge in [-0.05, 0) is 104 Å². The van der Waals surface area contributed by atoms with E-state index in [-0.39, 0.29) is 31.3 Å². The maximum atomic E-state index is 13.0. The van der Waals surface area contributed by atoms with Crippen molar-refractivity contribution < 1.29 is 31.3 Å². The fourth-order valence-electron chi connectivity index (χ4n) is 10.2. The van der Waals surface area contributed by atoms with Gasteiger partial charge in [0.15, 0.2) is 0 Å². The summed E-state index contributed by atoms with van der Waals surface area (Å²) in [6, 6.07) is 53.4. The van der Waals surface area contributed by atoms with Gasteiger partial charge in [-0.3, -0.25) is 9.37 Å². The van der Waals surface area contributed by atoms with Crippen LogP contribution >= 0.6 is 11.3 Å². The van der Waals surface area contributed by atoms with Crippen LogP contribution in [0.25, 0.3) is 81.6 Å². The van der Waals surface area contributed by atoms with Gasteiger partial charge in [-0.25, -0.2) is 4.98 Å². The summed E-state index contributed by atoms with van der Waals surface area (Å²) in [7, 11) is -1.81. The van der Waals surface area contributed by atoms with E-state index in [0.29, 0.717) is 28.1 Å². The van der Waals surface area contributed by atoms with E-state index in [9.17, 15) is 4.39 Å². The van der Waals surface area contributed by atoms with Crippen LogP contribution in [0.3, 0.4) is 0 Å². The van der Waals surface area contributed by atoms with Gasteiger partial charge in [0, 0.05) is 67.5 Å². The smallest absolute Gasteiger partial charge is 0.114 e. The molecule has 0 saturated heterocycles. The van der Waals surface area contributed by atoms with Gasteiger partial charge in [-0.2, -0.15) is 11.3 Å². The SMILES string of the molecule is [2H]C([2H])([2H])c1cc(-c2[c-]cc(F)cc2)ncc1[Si](C)(C)C.[2H]C([2H])(c1ccccc1)c1ccc2c(n1)sc1c(-c3nc4c5ccccc5ccc4n3-c3c(C)cc4c(c3C)C(C)(C)c3ccccc3-4)[c-]ccc12.[Ir]. The quantitative estimate of drug-likeness (QED) is 0.123. The monoisotopic (exact) mass is 1120 g/mol. The third-order valence-electron chi connectivity index (χ3n) is 13.4. The molecule has 12 rings (SSSR count). The molecular weight excluding hydrogens is 1060 g/mol. The van der Waals surface area contributed by atoms with Gasteiger partial charge in [-0.1, -0.05) is 147 Å². The Morgan fingerprint density at radius 3 is 2.35 bits per heavy atom. The number of imidazole rings is 1. The van der Waals surface area contributed by atoms with Crippen molar-refractivity contribution in [3.8, 4) is 39.5 Å². The van der Waals surface area contributed by atoms with E-state index in [0.717, 1.165) is 64.4 Å². The molecule has 69 heavy (non-hydrogen) atoms. The summed E-state index contributed by atoms with van der Waals surface area (Å²) in [4.78, 5) is 15.6. The molecule has 0 atom stereocenters. The average molecular weight is 1120 g/mol. The van der Waals surface area contributed by atoms with E-state index in [2.05, 4.69) is 142 Å². The second-order valence-electron chi connectivity index (χ2n) is 19.2. The van der Waals surface area contributed by atoms with Gasteiger partial charge >= 0.3 is 0 Å². The van der Waals surface area contributed by atoms with Crippen LogP contribution in [-0.4, -0.2) is 27.6 Å². The zero-order valence-corrected chi connectivity index (χ0v) is 43.6. The molecule has 4 aromatic heterocycles. The Bertz CT molecular complexity index is 3990. The second-order valence-corrected chi connectivity index (χ2v) is 25.2. The van der Waals surface area contributed by atoms with Gasteiger partial charge in [0.1, 0.15) is 4.83 Å². The summed E-state index contributed by atoms with van der Waals surface area (Å²) in [6.07, 6.45) is -0.0773. The molecular formula is C61H51FIrN4SSi-2. The van der Waals surface area contributed by atoms with Crippen molar-refractivity contribution in [1.82, 2.24) is 19.5 Å². The van der Waals surface area contributed by atoms with Crippen LogP contribution in [0.4, 0.5) is 4.39 Å². The van der Waals surface area contributed by atoms with Crippen LogP contribution in [0, 0.1) is 38.6 Å². The van der Waals surface area contributed by atoms with E-state index in [1.807, 2.05) is 48.5 Å². The first kappa shape index (κ1) is 40.5. The molecule has 1 aliphatic rings. The molecule has 343 valence electrons. The molecule has 7 aromatic carbocycles. The van der Waals surface area contributed by atoms with Gasteiger partial charge in [0.2, 0.25) is 0 Å². The topological polar surface area (TPSA) is 43.6 Å². The van der Waals surface area contributed by atoms with Gasteiger partial charge < -0.3 is 9.55 Å². The standard InChI is InChI=1S/C46H34N3S.C15H17FNSi.Ir/c1-27-25-37-33-17-10-11-20-38(33)46(3,4)40(37)28(2)42(27)49-39-24-21-30-15-8-9-16-32(30)41(39)48-44(49)36-19-12-18-34-35-23-22-31(47-45(35)50-43(34)36)26-29-13-6-5-7-14-29;1-11-9-14(12-5-7-13(16)8-6-12)17-10-15(11)18(2,3)4;/h5-18,20-25H,26H2,1-4H3;5,7-10H,1-4H3;/q2*-1;/i26D2;1D3;. The van der Waals surface area contributed by atoms with E-state index >= 15 is 0 Å². The number of nitrogens with zero attached hydrogens (tertiary/aromatic N) is 4. The first-order valence-electron chi connectivity index (χ1n) is 25.4. The number of aromatic nitrogens is 4. The molecule has 1 radical (unpaired) electrons. The summed E-state index contributed by atoms with van der Waals surface area (Å²) >= 11 is 1.58. The minimum atomic E-state index is -2.19. The Labute approximate surface area is 429 Å². The predicted molar refractivity (Wildman–Crippen MR) is 286 cm³/mol. The Hall–Kier alpha value is -6.41. The van der Waals surface area contributed by atoms with Gasteiger partial charge in [0.05, 0.1) is 24.9 Å². The molecule has 0 spiro atoms. The number of halogens is 1. The van der Waals surface area contributed by atoms with Crippen LogP contribution in [0.2, 0.25) is 19.6 Å². The molecule has 0 unspecified atom stereocenters. The predicted octanol–water partition coefficient (Wildman–Crippen LogP) is 15.5. The molecule has 0 amide bonds. The van der Waals surface area contributed by atoms with Crippen molar-refractivity contribution >= 4 is 66.7 Å². The van der Waals surface area contributed by atoms with Crippen molar-refractivity contribution in [2.24, 2.45) is 0 Å². The average Bonchev–Trinajstić information content (AvgIpc) is 4.01. The molecule has 0 fully saturated rings. The fraction of sp³-hybridized carbons (Fsp3) is 0.164. The van der Waals surface area contributed by atoms with Crippen LogP contribution in [-0.2, 0) is 31.9 Å². The number of hydrogen-bond donors (Lipinski definition) is 0. The first-order chi connectivity index (χ1) is 34.7. The number of pyridine rings is 2. The summed E-state index contributed by atoms with van der Waals surface area (Å²) in [5, 5.41) is 5.16. The van der Waals surface area contributed by atoms with Gasteiger partial charge in [-0.15, -0.1) is 48.0 Å². The summed E-state index contributed by atoms with van der Waals surface area (Å²) in [5.74, 6) is 0.455. The molecule has 0 N–H and O–H groups in total. The van der Waals surface area contributed by atoms with Crippen molar-refractivity contribution in [3.05, 3.63) is 209 Å². The van der Waals surface area contributed by atoms with Crippen LogP contribution in [0.15, 0.2) is 152 Å². The van der Waals surface area contributed by atoms with E-state index in [1.165, 1.54) is 45.5 Å². The maximum Gasteiger partial charge on any atom is 0.114 e. The van der Waals surface area contributed by atoms with Crippen molar-refractivity contribution in [1.29, 1.82) is 0 Å². The maximum absolute atomic E-state index is 13.0. The normalized spacial score (nSPS) is 14.2. The van der Waals surface area contributed by atoms with E-state index < -0.39 is 21.3 Å². The molecule has 0 saturated carbocycles. The second kappa shape index (κ2) is 17.8. The molecule has 11 aromatic rings.